The van der Waals surface area contributed by atoms with Gasteiger partial charge in [0.2, 0.25) is 5.91 Å². The van der Waals surface area contributed by atoms with Crippen molar-refractivity contribution in [1.29, 1.82) is 0 Å². The Morgan fingerprint density at radius 1 is 1.50 bits per heavy atom. The van der Waals surface area contributed by atoms with E-state index in [9.17, 15) is 9.59 Å². The number of carboxylic acid groups (broad SMARTS) is 1. The van der Waals surface area contributed by atoms with Crippen molar-refractivity contribution in [3.63, 3.8) is 0 Å². The first-order valence-electron chi connectivity index (χ1n) is 5.78. The van der Waals surface area contributed by atoms with Crippen LogP contribution in [0.2, 0.25) is 0 Å². The molecule has 0 aromatic rings. The zero-order valence-electron chi connectivity index (χ0n) is 9.61. The predicted molar refractivity (Wildman–Crippen MR) is 59.8 cm³/mol. The molecule has 2 unspecified atom stereocenters. The van der Waals surface area contributed by atoms with Crippen LogP contribution in [0.4, 0.5) is 0 Å². The Bertz CT molecular complexity index is 262. The smallest absolute Gasteiger partial charge is 0.326 e. The zero-order chi connectivity index (χ0) is 12.1. The van der Waals surface area contributed by atoms with Gasteiger partial charge in [-0.25, -0.2) is 4.79 Å². The Hall–Kier alpha value is -1.10. The van der Waals surface area contributed by atoms with Gasteiger partial charge in [0, 0.05) is 12.5 Å². The maximum absolute atomic E-state index is 11.5. The molecule has 0 heterocycles. The average Bonchev–Trinajstić information content (AvgIpc) is 2.96. The van der Waals surface area contributed by atoms with Crippen LogP contribution in [0.1, 0.15) is 39.0 Å². The van der Waals surface area contributed by atoms with Gasteiger partial charge in [0.05, 0.1) is 0 Å². The molecule has 0 saturated heterocycles. The van der Waals surface area contributed by atoms with Gasteiger partial charge in [-0.1, -0.05) is 0 Å². The lowest BCUT2D eigenvalue weighted by Gasteiger charge is -2.13. The zero-order valence-corrected chi connectivity index (χ0v) is 9.61. The average molecular weight is 228 g/mol. The molecule has 0 radical (unpaired) electrons. The number of nitrogens with one attached hydrogen (secondary N) is 1. The molecule has 0 spiro atoms. The van der Waals surface area contributed by atoms with Crippen LogP contribution in [0, 0.1) is 5.92 Å². The second-order valence-electron chi connectivity index (χ2n) is 4.59. The summed E-state index contributed by atoms with van der Waals surface area (Å²) in [5, 5.41) is 11.5. The molecule has 0 aliphatic heterocycles. The minimum Gasteiger partial charge on any atom is -0.480 e. The predicted octanol–water partition coefficient (Wildman–Crippen LogP) is 0.483. The maximum Gasteiger partial charge on any atom is 0.326 e. The van der Waals surface area contributed by atoms with E-state index in [4.69, 9.17) is 10.8 Å². The van der Waals surface area contributed by atoms with Gasteiger partial charge in [-0.2, -0.15) is 0 Å². The highest BCUT2D eigenvalue weighted by atomic mass is 16.4. The van der Waals surface area contributed by atoms with Crippen molar-refractivity contribution in [1.82, 2.24) is 5.32 Å². The second-order valence-corrected chi connectivity index (χ2v) is 4.59. The quantitative estimate of drug-likeness (QED) is 0.591. The van der Waals surface area contributed by atoms with E-state index < -0.39 is 12.0 Å². The largest absolute Gasteiger partial charge is 0.480 e. The Balaban J connectivity index is 2.23. The molecule has 1 aliphatic carbocycles. The molecule has 0 aromatic carbocycles. The van der Waals surface area contributed by atoms with Gasteiger partial charge in [-0.05, 0) is 38.5 Å². The second kappa shape index (κ2) is 5.84. The van der Waals surface area contributed by atoms with Gasteiger partial charge >= 0.3 is 5.97 Å². The molecule has 1 aliphatic rings. The van der Waals surface area contributed by atoms with E-state index in [0.29, 0.717) is 12.8 Å². The Morgan fingerprint density at radius 2 is 2.12 bits per heavy atom. The van der Waals surface area contributed by atoms with E-state index in [1.165, 1.54) is 0 Å². The van der Waals surface area contributed by atoms with Crippen LogP contribution in [0.5, 0.6) is 0 Å². The Labute approximate surface area is 95.4 Å². The van der Waals surface area contributed by atoms with E-state index in [1.54, 1.807) is 0 Å². The molecule has 5 nitrogen and oxygen atoms in total. The lowest BCUT2D eigenvalue weighted by atomic mass is 10.1. The van der Waals surface area contributed by atoms with Gasteiger partial charge in [0.15, 0.2) is 0 Å². The molecule has 2 atom stereocenters. The van der Waals surface area contributed by atoms with Crippen LogP contribution >= 0.6 is 0 Å². The van der Waals surface area contributed by atoms with Crippen LogP contribution in [-0.4, -0.2) is 29.1 Å². The molecule has 92 valence electrons. The van der Waals surface area contributed by atoms with Crippen LogP contribution in [0.25, 0.3) is 0 Å². The summed E-state index contributed by atoms with van der Waals surface area (Å²) < 4.78 is 0. The Morgan fingerprint density at radius 3 is 2.56 bits per heavy atom. The molecule has 1 saturated carbocycles. The number of carboxylic acids is 1. The molecule has 1 rings (SSSR count). The van der Waals surface area contributed by atoms with Crippen molar-refractivity contribution in [2.24, 2.45) is 11.7 Å². The normalized spacial score (nSPS) is 18.9. The third-order valence-corrected chi connectivity index (χ3v) is 2.74. The lowest BCUT2D eigenvalue weighted by molar-refractivity contribution is -0.142. The summed E-state index contributed by atoms with van der Waals surface area (Å²) in [6, 6.07) is -0.602. The molecule has 1 fully saturated rings. The van der Waals surface area contributed by atoms with Crippen LogP contribution in [0.3, 0.4) is 0 Å². The van der Waals surface area contributed by atoms with Crippen molar-refractivity contribution in [2.45, 2.75) is 51.1 Å². The fourth-order valence-corrected chi connectivity index (χ4v) is 1.64. The fraction of sp³-hybridized carbons (Fsp3) is 0.818. The molecule has 0 bridgehead atoms. The molecule has 16 heavy (non-hydrogen) atoms. The highest BCUT2D eigenvalue weighted by Crippen LogP contribution is 2.32. The summed E-state index contributed by atoms with van der Waals surface area (Å²) in [5.74, 6) is -0.974. The summed E-state index contributed by atoms with van der Waals surface area (Å²) in [7, 11) is 0. The number of aliphatic carboxylic acids is 1. The summed E-state index contributed by atoms with van der Waals surface area (Å²) in [4.78, 5) is 22.3. The number of nitrogens with two attached hydrogens (primary N) is 1. The molecule has 5 heteroatoms. The fourth-order valence-electron chi connectivity index (χ4n) is 1.64. The minimum atomic E-state index is -0.928. The van der Waals surface area contributed by atoms with Crippen molar-refractivity contribution < 1.29 is 14.7 Å². The van der Waals surface area contributed by atoms with Gasteiger partial charge in [-0.15, -0.1) is 0 Å². The van der Waals surface area contributed by atoms with Crippen LogP contribution < -0.4 is 11.1 Å². The summed E-state index contributed by atoms with van der Waals surface area (Å²) in [5.41, 5.74) is 5.56. The van der Waals surface area contributed by atoms with Crippen molar-refractivity contribution in [3.05, 3.63) is 0 Å². The highest BCUT2D eigenvalue weighted by Gasteiger charge is 2.36. The molecule has 4 N–H and O–H groups in total. The summed E-state index contributed by atoms with van der Waals surface area (Å²) >= 11 is 0. The first-order valence-corrected chi connectivity index (χ1v) is 5.78. The monoisotopic (exact) mass is 228 g/mol. The van der Waals surface area contributed by atoms with Gasteiger partial charge in [0.25, 0.3) is 0 Å². The Kier molecular flexibility index (Phi) is 4.73. The summed E-state index contributed by atoms with van der Waals surface area (Å²) in [6.07, 6.45) is 3.65. The number of amides is 1. The van der Waals surface area contributed by atoms with Crippen molar-refractivity contribution in [2.75, 3.05) is 0 Å². The number of carbonyl (C=O) groups is 2. The highest BCUT2D eigenvalue weighted by molar-refractivity contribution is 5.83. The van der Waals surface area contributed by atoms with Crippen molar-refractivity contribution in [3.8, 4) is 0 Å². The van der Waals surface area contributed by atoms with Crippen LogP contribution in [0.15, 0.2) is 0 Å². The number of rotatable bonds is 7. The van der Waals surface area contributed by atoms with Gasteiger partial charge in [0.1, 0.15) is 6.04 Å². The van der Waals surface area contributed by atoms with E-state index >= 15 is 0 Å². The van der Waals surface area contributed by atoms with E-state index in [1.807, 2.05) is 6.92 Å². The molecular formula is C11H20N2O3. The van der Waals surface area contributed by atoms with E-state index in [2.05, 4.69) is 5.32 Å². The number of carbonyl (C=O) groups excluding carboxylic acids is 1. The number of hydrogen-bond donors (Lipinski definition) is 3. The molecular weight excluding hydrogens is 208 g/mol. The molecule has 1 amide bonds. The molecule has 0 aromatic heterocycles. The standard InChI is InChI=1S/C11H20N2O3/c1-7(12)3-2-4-9(14)13-10(11(15)16)8-5-6-8/h7-8,10H,2-6,12H2,1H3,(H,13,14)(H,15,16). The lowest BCUT2D eigenvalue weighted by Crippen LogP contribution is -2.42. The van der Waals surface area contributed by atoms with Gasteiger partial charge in [-0.3, -0.25) is 4.79 Å². The van der Waals surface area contributed by atoms with Gasteiger partial charge < -0.3 is 16.2 Å². The first kappa shape index (κ1) is 13.0. The first-order chi connectivity index (χ1) is 7.50. The SMILES string of the molecule is CC(N)CCCC(=O)NC(C(=O)O)C1CC1. The summed E-state index contributed by atoms with van der Waals surface area (Å²) in [6.45, 7) is 1.89. The topological polar surface area (TPSA) is 92.4 Å². The third kappa shape index (κ3) is 4.61. The third-order valence-electron chi connectivity index (χ3n) is 2.74. The van der Waals surface area contributed by atoms with E-state index in [-0.39, 0.29) is 17.9 Å². The van der Waals surface area contributed by atoms with Crippen molar-refractivity contribution >= 4 is 11.9 Å². The minimum absolute atomic E-state index is 0.0894. The van der Waals surface area contributed by atoms with Crippen LogP contribution in [-0.2, 0) is 9.59 Å². The number of hydrogen-bond acceptors (Lipinski definition) is 3. The van der Waals surface area contributed by atoms with E-state index in [0.717, 1.165) is 19.3 Å². The maximum atomic E-state index is 11.5.